The van der Waals surface area contributed by atoms with Gasteiger partial charge in [-0.15, -0.1) is 0 Å². The molecule has 0 atom stereocenters. The largest absolute Gasteiger partial charge is 0.382 e. The van der Waals surface area contributed by atoms with E-state index in [1.54, 1.807) is 0 Å². The number of hydrogen-bond donors (Lipinski definition) is 0. The predicted octanol–water partition coefficient (Wildman–Crippen LogP) is 14.8. The van der Waals surface area contributed by atoms with Crippen LogP contribution in [0.2, 0.25) is 0 Å². The van der Waals surface area contributed by atoms with Gasteiger partial charge in [-0.3, -0.25) is 0 Å². The van der Waals surface area contributed by atoms with E-state index in [-0.39, 0.29) is 13.7 Å². The number of anilines is 6. The average molecular weight is 945 g/mol. The number of nitrogens with zero attached hydrogens (tertiary/aromatic N) is 4. The van der Waals surface area contributed by atoms with E-state index in [1.807, 2.05) is 0 Å². The summed E-state index contributed by atoms with van der Waals surface area (Å²) in [5.41, 5.74) is 33.2. The molecule has 0 aliphatic carbocycles. The fourth-order valence-electron chi connectivity index (χ4n) is 14.7. The van der Waals surface area contributed by atoms with E-state index in [0.29, 0.717) is 0 Å². The standard InChI is InChI=1S/C68H50B2N4/c1-39-31-41(3)61(42(4)32-39)47-23-25-55-57(35-47)73(49-17-9-7-10-18-49)59-37-53-54(63-51-21-13-15-45-27-29-71(67(45)51)69(55)65(59)63)38-60-66-64(53)52-22-14-16-46-28-30-72(68(46)52)70(66)56-26-24-48(62-43(5)33-40(2)34-44(62)6)36-58(56)74(60)50-19-11-8-12-20-50/h7-38H,1-6H3. The molecule has 10 aromatic carbocycles. The number of aryl methyl sites for hydroxylation is 6. The fourth-order valence-corrected chi connectivity index (χ4v) is 14.7. The first-order valence-electron chi connectivity index (χ1n) is 26.2. The van der Waals surface area contributed by atoms with E-state index < -0.39 is 0 Å². The number of benzene rings is 10. The van der Waals surface area contributed by atoms with Crippen LogP contribution in [-0.4, -0.2) is 22.7 Å². The van der Waals surface area contributed by atoms with E-state index >= 15 is 0 Å². The van der Waals surface area contributed by atoms with Crippen molar-refractivity contribution in [1.29, 1.82) is 0 Å². The van der Waals surface area contributed by atoms with Crippen molar-refractivity contribution in [3.05, 3.63) is 228 Å². The molecule has 0 fully saturated rings. The van der Waals surface area contributed by atoms with Crippen molar-refractivity contribution in [2.75, 3.05) is 9.80 Å². The van der Waals surface area contributed by atoms with Crippen LogP contribution in [0.25, 0.3) is 77.1 Å². The minimum atomic E-state index is -0.0590. The second-order valence-electron chi connectivity index (χ2n) is 21.6. The summed E-state index contributed by atoms with van der Waals surface area (Å²) in [6.45, 7) is 13.4. The Labute approximate surface area is 432 Å². The van der Waals surface area contributed by atoms with Crippen molar-refractivity contribution in [2.45, 2.75) is 41.5 Å². The lowest BCUT2D eigenvalue weighted by molar-refractivity contribution is 1.22. The van der Waals surface area contributed by atoms with Crippen LogP contribution in [0.5, 0.6) is 0 Å². The van der Waals surface area contributed by atoms with E-state index in [4.69, 9.17) is 0 Å². The van der Waals surface area contributed by atoms with Crippen molar-refractivity contribution >= 4 is 102 Å². The summed E-state index contributed by atoms with van der Waals surface area (Å²) in [5.74, 6) is 0. The lowest BCUT2D eigenvalue weighted by Gasteiger charge is -2.43. The van der Waals surface area contributed by atoms with Gasteiger partial charge in [0, 0.05) is 56.3 Å². The molecule has 16 rings (SSSR count). The van der Waals surface area contributed by atoms with Crippen LogP contribution in [0.1, 0.15) is 33.4 Å². The molecular formula is C68H50B2N4. The van der Waals surface area contributed by atoms with Gasteiger partial charge in [0.1, 0.15) is 0 Å². The highest BCUT2D eigenvalue weighted by molar-refractivity contribution is 6.91. The Morgan fingerprint density at radius 2 is 0.743 bits per heavy atom. The van der Waals surface area contributed by atoms with Crippen LogP contribution in [0, 0.1) is 41.5 Å². The summed E-state index contributed by atoms with van der Waals surface area (Å²) in [6, 6.07) is 70.0. The van der Waals surface area contributed by atoms with Crippen molar-refractivity contribution in [3.63, 3.8) is 0 Å². The lowest BCUT2D eigenvalue weighted by Crippen LogP contribution is -2.57. The quantitative estimate of drug-likeness (QED) is 0.164. The first-order chi connectivity index (χ1) is 36.2. The van der Waals surface area contributed by atoms with Gasteiger partial charge in [-0.1, -0.05) is 132 Å². The summed E-state index contributed by atoms with van der Waals surface area (Å²) < 4.78 is 5.17. The maximum Gasteiger partial charge on any atom is 0.332 e. The second kappa shape index (κ2) is 14.9. The minimum Gasteiger partial charge on any atom is -0.382 e. The zero-order valence-corrected chi connectivity index (χ0v) is 42.4. The number of aromatic nitrogens is 2. The fraction of sp³-hybridized carbons (Fsp3) is 0.0882. The Hall–Kier alpha value is -8.73. The van der Waals surface area contributed by atoms with Crippen LogP contribution < -0.4 is 31.7 Å². The third-order valence-corrected chi connectivity index (χ3v) is 17.2. The summed E-state index contributed by atoms with van der Waals surface area (Å²) in [4.78, 5) is 5.19. The van der Waals surface area contributed by atoms with Gasteiger partial charge in [-0.05, 0) is 214 Å². The zero-order chi connectivity index (χ0) is 49.4. The summed E-state index contributed by atoms with van der Waals surface area (Å²) >= 11 is 0. The van der Waals surface area contributed by atoms with E-state index in [0.717, 1.165) is 11.4 Å². The molecule has 0 bridgehead atoms. The molecule has 0 N–H and O–H groups in total. The summed E-state index contributed by atoms with van der Waals surface area (Å²) in [7, 11) is 0. The van der Waals surface area contributed by atoms with Gasteiger partial charge in [0.05, 0.1) is 0 Å². The average Bonchev–Trinajstić information content (AvgIpc) is 4.07. The highest BCUT2D eigenvalue weighted by Crippen LogP contribution is 2.52. The van der Waals surface area contributed by atoms with Gasteiger partial charge in [0.15, 0.2) is 0 Å². The van der Waals surface area contributed by atoms with E-state index in [9.17, 15) is 0 Å². The maximum absolute atomic E-state index is 2.60. The highest BCUT2D eigenvalue weighted by atomic mass is 15.2. The number of fused-ring (bicyclic) bond motifs is 11. The highest BCUT2D eigenvalue weighted by Gasteiger charge is 2.46. The first-order valence-corrected chi connectivity index (χ1v) is 26.2. The molecule has 74 heavy (non-hydrogen) atoms. The monoisotopic (exact) mass is 944 g/mol. The Bertz CT molecular complexity index is 4130. The summed E-state index contributed by atoms with van der Waals surface area (Å²) in [6.07, 6.45) is 4.69. The van der Waals surface area contributed by atoms with Crippen molar-refractivity contribution in [3.8, 4) is 44.5 Å². The lowest BCUT2D eigenvalue weighted by atomic mass is 9.43. The SMILES string of the molecule is Cc1cc(C)c(-c2ccc3c(c2)N(c2ccccc2)c2cc4c5c6c(cc4c4c2B3n2ccc3cccc-4c32)N(c2ccccc2)c2cc(-c3c(C)cc(C)cc3C)ccc2B6n2ccc3cccc-5c32)c(C)c1. The second-order valence-corrected chi connectivity index (χ2v) is 21.6. The van der Waals surface area contributed by atoms with Gasteiger partial charge in [-0.2, -0.15) is 0 Å². The molecule has 4 aliphatic rings. The molecule has 4 aliphatic heterocycles. The van der Waals surface area contributed by atoms with Gasteiger partial charge in [0.2, 0.25) is 0 Å². The van der Waals surface area contributed by atoms with Crippen molar-refractivity contribution < 1.29 is 0 Å². The van der Waals surface area contributed by atoms with Crippen LogP contribution in [0.4, 0.5) is 34.1 Å². The van der Waals surface area contributed by atoms with Crippen LogP contribution in [0.15, 0.2) is 194 Å². The molecule has 0 amide bonds. The molecule has 348 valence electrons. The predicted molar refractivity (Wildman–Crippen MR) is 315 cm³/mol. The van der Waals surface area contributed by atoms with Gasteiger partial charge in [0.25, 0.3) is 0 Å². The summed E-state index contributed by atoms with van der Waals surface area (Å²) in [5, 5.41) is 5.08. The molecule has 12 aromatic rings. The third kappa shape index (κ3) is 5.50. The molecule has 0 radical (unpaired) electrons. The van der Waals surface area contributed by atoms with Crippen LogP contribution in [-0.2, 0) is 0 Å². The molecule has 6 heteroatoms. The van der Waals surface area contributed by atoms with E-state index in [1.165, 1.54) is 155 Å². The van der Waals surface area contributed by atoms with Gasteiger partial charge in [-0.25, -0.2) is 0 Å². The minimum absolute atomic E-state index is 0.0590. The van der Waals surface area contributed by atoms with Crippen LogP contribution >= 0.6 is 0 Å². The molecule has 0 saturated heterocycles. The molecule has 0 spiro atoms. The van der Waals surface area contributed by atoms with Crippen LogP contribution in [0.3, 0.4) is 0 Å². The number of hydrogen-bond acceptors (Lipinski definition) is 2. The number of para-hydroxylation sites is 4. The Morgan fingerprint density at radius 1 is 0.338 bits per heavy atom. The molecule has 4 nitrogen and oxygen atoms in total. The molecular weight excluding hydrogens is 894 g/mol. The third-order valence-electron chi connectivity index (χ3n) is 17.2. The topological polar surface area (TPSA) is 16.3 Å². The first kappa shape index (κ1) is 41.8. The molecule has 0 unspecified atom stereocenters. The normalized spacial score (nSPS) is 13.4. The smallest absolute Gasteiger partial charge is 0.332 e. The zero-order valence-electron chi connectivity index (χ0n) is 42.4. The Morgan fingerprint density at radius 3 is 1.15 bits per heavy atom. The molecule has 0 saturated carbocycles. The number of rotatable bonds is 4. The Kier molecular flexibility index (Phi) is 8.44. The van der Waals surface area contributed by atoms with Crippen molar-refractivity contribution in [2.24, 2.45) is 0 Å². The van der Waals surface area contributed by atoms with E-state index in [2.05, 4.69) is 255 Å². The van der Waals surface area contributed by atoms with Gasteiger partial charge < -0.3 is 18.8 Å². The van der Waals surface area contributed by atoms with Gasteiger partial charge >= 0.3 is 13.7 Å². The molecule has 2 aromatic heterocycles. The Balaban J connectivity index is 1.07. The van der Waals surface area contributed by atoms with Crippen molar-refractivity contribution in [1.82, 2.24) is 8.96 Å². The molecule has 6 heterocycles. The maximum atomic E-state index is 2.60.